The molecule has 126 valence electrons. The Morgan fingerprint density at radius 2 is 2.00 bits per heavy atom. The minimum atomic E-state index is -3.00. The largest absolute Gasteiger partial charge is 0.497 e. The highest BCUT2D eigenvalue weighted by atomic mass is 32.2. The molecule has 0 aliphatic carbocycles. The lowest BCUT2D eigenvalue weighted by Crippen LogP contribution is -2.39. The lowest BCUT2D eigenvalue weighted by Gasteiger charge is -2.26. The van der Waals surface area contributed by atoms with Crippen molar-refractivity contribution < 1.29 is 13.2 Å². The first-order chi connectivity index (χ1) is 10.9. The third-order valence-electron chi connectivity index (χ3n) is 4.00. The number of methoxy groups -OCH3 is 1. The Bertz CT molecular complexity index is 699. The highest BCUT2D eigenvalue weighted by molar-refractivity contribution is 8.14. The maximum absolute atomic E-state index is 12.0. The molecule has 2 aliphatic rings. The molecular formula is C16H22N2O3S2. The van der Waals surface area contributed by atoms with Crippen molar-refractivity contribution in [2.24, 2.45) is 10.9 Å². The van der Waals surface area contributed by atoms with E-state index in [9.17, 15) is 8.42 Å². The van der Waals surface area contributed by atoms with E-state index in [4.69, 9.17) is 9.73 Å². The van der Waals surface area contributed by atoms with Gasteiger partial charge in [0, 0.05) is 11.4 Å². The van der Waals surface area contributed by atoms with Gasteiger partial charge in [0.2, 0.25) is 0 Å². The first kappa shape index (κ1) is 16.6. The molecule has 3 rings (SSSR count). The monoisotopic (exact) mass is 354 g/mol. The number of amidine groups is 1. The summed E-state index contributed by atoms with van der Waals surface area (Å²) in [4.78, 5) is 6.81. The highest BCUT2D eigenvalue weighted by Gasteiger charge is 2.47. The summed E-state index contributed by atoms with van der Waals surface area (Å²) in [6.07, 6.45) is 0. The molecule has 1 saturated heterocycles. The fourth-order valence-corrected chi connectivity index (χ4v) is 5.84. The Hall–Kier alpha value is -1.21. The van der Waals surface area contributed by atoms with Gasteiger partial charge in [0.25, 0.3) is 0 Å². The van der Waals surface area contributed by atoms with E-state index in [0.29, 0.717) is 5.92 Å². The lowest BCUT2D eigenvalue weighted by atomic mass is 10.1. The summed E-state index contributed by atoms with van der Waals surface area (Å²) in [5.74, 6) is 2.66. The number of nitrogens with zero attached hydrogens (tertiary/aromatic N) is 2. The van der Waals surface area contributed by atoms with E-state index in [-0.39, 0.29) is 23.6 Å². The van der Waals surface area contributed by atoms with Crippen molar-refractivity contribution in [3.63, 3.8) is 0 Å². The van der Waals surface area contributed by atoms with Crippen LogP contribution < -0.4 is 9.64 Å². The van der Waals surface area contributed by atoms with Gasteiger partial charge in [-0.2, -0.15) is 0 Å². The van der Waals surface area contributed by atoms with E-state index in [1.54, 1.807) is 18.9 Å². The first-order valence-electron chi connectivity index (χ1n) is 7.74. The molecule has 2 aliphatic heterocycles. The predicted octanol–water partition coefficient (Wildman–Crippen LogP) is 2.43. The van der Waals surface area contributed by atoms with Crippen molar-refractivity contribution in [1.29, 1.82) is 0 Å². The zero-order valence-electron chi connectivity index (χ0n) is 13.6. The summed E-state index contributed by atoms with van der Waals surface area (Å²) >= 11 is 1.71. The minimum Gasteiger partial charge on any atom is -0.497 e. The van der Waals surface area contributed by atoms with Crippen molar-refractivity contribution >= 4 is 32.5 Å². The summed E-state index contributed by atoms with van der Waals surface area (Å²) in [5.41, 5.74) is 0.977. The zero-order chi connectivity index (χ0) is 16.6. The smallest absolute Gasteiger partial charge is 0.164 e. The van der Waals surface area contributed by atoms with Gasteiger partial charge in [-0.25, -0.2) is 8.42 Å². The number of fused-ring (bicyclic) bond motifs is 1. The van der Waals surface area contributed by atoms with Gasteiger partial charge < -0.3 is 9.64 Å². The second-order valence-electron chi connectivity index (χ2n) is 6.40. The van der Waals surface area contributed by atoms with Gasteiger partial charge in [-0.1, -0.05) is 25.6 Å². The SMILES string of the molecule is COc1ccc(N2C(SCC(C)C)=N[C@@H]3CS(=O)(=O)C[C@@H]32)cc1. The molecule has 0 bridgehead atoms. The normalized spacial score (nSPS) is 25.6. The van der Waals surface area contributed by atoms with Crippen LogP contribution in [0.15, 0.2) is 29.3 Å². The molecule has 23 heavy (non-hydrogen) atoms. The van der Waals surface area contributed by atoms with Crippen LogP contribution in [0.5, 0.6) is 5.75 Å². The van der Waals surface area contributed by atoms with Gasteiger partial charge in [-0.05, 0) is 30.2 Å². The number of hydrogen-bond acceptors (Lipinski definition) is 6. The molecular weight excluding hydrogens is 332 g/mol. The van der Waals surface area contributed by atoms with Crippen LogP contribution in [-0.2, 0) is 9.84 Å². The Morgan fingerprint density at radius 3 is 2.61 bits per heavy atom. The van der Waals surface area contributed by atoms with Crippen molar-refractivity contribution in [1.82, 2.24) is 0 Å². The number of aliphatic imine (C=N–C) groups is 1. The molecule has 2 heterocycles. The molecule has 1 aromatic rings. The molecule has 7 heteroatoms. The van der Waals surface area contributed by atoms with Crippen LogP contribution in [0.3, 0.4) is 0 Å². The van der Waals surface area contributed by atoms with E-state index in [1.165, 1.54) is 0 Å². The highest BCUT2D eigenvalue weighted by Crippen LogP contribution is 2.36. The average Bonchev–Trinajstić information content (AvgIpc) is 2.96. The molecule has 0 radical (unpaired) electrons. The molecule has 5 nitrogen and oxygen atoms in total. The number of hydrogen-bond donors (Lipinski definition) is 0. The molecule has 1 fully saturated rings. The molecule has 0 saturated carbocycles. The maximum atomic E-state index is 12.0. The van der Waals surface area contributed by atoms with E-state index in [1.807, 2.05) is 24.3 Å². The predicted molar refractivity (Wildman–Crippen MR) is 96.4 cm³/mol. The lowest BCUT2D eigenvalue weighted by molar-refractivity contribution is 0.415. The third kappa shape index (κ3) is 3.50. The van der Waals surface area contributed by atoms with Crippen LogP contribution in [0, 0.1) is 5.92 Å². The standard InChI is InChI=1S/C16H22N2O3S2/c1-11(2)8-22-16-17-14-9-23(19,20)10-15(14)18(16)12-4-6-13(21-3)7-5-12/h4-7,11,14-15H,8-10H2,1-3H3/t14-,15+/m1/s1. The van der Waals surface area contributed by atoms with Crippen LogP contribution in [0.2, 0.25) is 0 Å². The van der Waals surface area contributed by atoms with Gasteiger partial charge >= 0.3 is 0 Å². The summed E-state index contributed by atoms with van der Waals surface area (Å²) in [6.45, 7) is 4.34. The zero-order valence-corrected chi connectivity index (χ0v) is 15.2. The second-order valence-corrected chi connectivity index (χ2v) is 9.54. The van der Waals surface area contributed by atoms with Crippen molar-refractivity contribution in [2.45, 2.75) is 25.9 Å². The number of ether oxygens (including phenoxy) is 1. The maximum Gasteiger partial charge on any atom is 0.164 e. The summed E-state index contributed by atoms with van der Waals surface area (Å²) in [5, 5.41) is 0.939. The topological polar surface area (TPSA) is 59.0 Å². The summed E-state index contributed by atoms with van der Waals surface area (Å²) in [7, 11) is -1.36. The van der Waals surface area contributed by atoms with Crippen LogP contribution in [0.4, 0.5) is 5.69 Å². The summed E-state index contributed by atoms with van der Waals surface area (Å²) < 4.78 is 29.2. The number of benzene rings is 1. The number of rotatable bonds is 4. The molecule has 0 amide bonds. The van der Waals surface area contributed by atoms with E-state index in [0.717, 1.165) is 22.4 Å². The Kier molecular flexibility index (Phi) is 4.60. The third-order valence-corrected chi connectivity index (χ3v) is 7.10. The van der Waals surface area contributed by atoms with E-state index in [2.05, 4.69) is 18.7 Å². The van der Waals surface area contributed by atoms with Crippen molar-refractivity contribution in [2.75, 3.05) is 29.3 Å². The molecule has 0 spiro atoms. The van der Waals surface area contributed by atoms with Crippen molar-refractivity contribution in [3.05, 3.63) is 24.3 Å². The Morgan fingerprint density at radius 1 is 1.30 bits per heavy atom. The number of sulfone groups is 1. The van der Waals surface area contributed by atoms with Crippen LogP contribution in [0.1, 0.15) is 13.8 Å². The molecule has 0 aromatic heterocycles. The van der Waals surface area contributed by atoms with Gasteiger partial charge in [0.05, 0.1) is 30.7 Å². The molecule has 0 N–H and O–H groups in total. The summed E-state index contributed by atoms with van der Waals surface area (Å²) in [6, 6.07) is 7.52. The quantitative estimate of drug-likeness (QED) is 0.831. The molecule has 1 aromatic carbocycles. The fraction of sp³-hybridized carbons (Fsp3) is 0.562. The Labute approximate surface area is 142 Å². The van der Waals surface area contributed by atoms with Gasteiger partial charge in [-0.3, -0.25) is 4.99 Å². The first-order valence-corrected chi connectivity index (χ1v) is 10.5. The average molecular weight is 354 g/mol. The molecule has 0 unspecified atom stereocenters. The number of anilines is 1. The minimum absolute atomic E-state index is 0.0805. The Balaban J connectivity index is 1.90. The van der Waals surface area contributed by atoms with Crippen LogP contribution in [0.25, 0.3) is 0 Å². The van der Waals surface area contributed by atoms with Gasteiger partial charge in [0.1, 0.15) is 5.75 Å². The van der Waals surface area contributed by atoms with Gasteiger partial charge in [-0.15, -0.1) is 0 Å². The molecule has 2 atom stereocenters. The van der Waals surface area contributed by atoms with Crippen LogP contribution in [-0.4, -0.2) is 50.0 Å². The van der Waals surface area contributed by atoms with Crippen LogP contribution >= 0.6 is 11.8 Å². The van der Waals surface area contributed by atoms with Crippen molar-refractivity contribution in [3.8, 4) is 5.75 Å². The second kappa shape index (κ2) is 6.36. The fourth-order valence-electron chi connectivity index (χ4n) is 2.92. The van der Waals surface area contributed by atoms with E-state index < -0.39 is 9.84 Å². The number of thioether (sulfide) groups is 1. The van der Waals surface area contributed by atoms with E-state index >= 15 is 0 Å². The van der Waals surface area contributed by atoms with Gasteiger partial charge in [0.15, 0.2) is 15.0 Å².